The fraction of sp³-hybridized carbons (Fsp3) is 0.300. The standard InChI is InChI=1S/C20H23Cl2N3O5S/c1-14-13-16(22)6-9-18(14)30-12-2-3-19(26)24-25-20(27)10-11-23-31(28,29)17-7-4-15(21)5-8-17/h4-9,13,23H,2-3,10-12H2,1H3,(H,24,26)(H,25,27). The largest absolute Gasteiger partial charge is 0.493 e. The van der Waals surface area contributed by atoms with Gasteiger partial charge in [-0.05, 0) is 61.4 Å². The molecule has 2 aromatic carbocycles. The number of rotatable bonds is 10. The Kier molecular flexibility index (Phi) is 9.57. The van der Waals surface area contributed by atoms with Crippen molar-refractivity contribution in [1.29, 1.82) is 0 Å². The van der Waals surface area contributed by atoms with Gasteiger partial charge in [-0.1, -0.05) is 23.2 Å². The van der Waals surface area contributed by atoms with Gasteiger partial charge in [0.25, 0.3) is 0 Å². The highest BCUT2D eigenvalue weighted by molar-refractivity contribution is 7.89. The molecule has 168 valence electrons. The number of carbonyl (C=O) groups is 2. The van der Waals surface area contributed by atoms with Crippen LogP contribution in [0.5, 0.6) is 5.75 Å². The average molecular weight is 488 g/mol. The summed E-state index contributed by atoms with van der Waals surface area (Å²) in [7, 11) is -3.74. The molecular formula is C20H23Cl2N3O5S. The number of hydrogen-bond acceptors (Lipinski definition) is 5. The molecule has 0 atom stereocenters. The number of nitrogens with one attached hydrogen (secondary N) is 3. The van der Waals surface area contributed by atoms with Gasteiger partial charge in [-0.15, -0.1) is 0 Å². The lowest BCUT2D eigenvalue weighted by Gasteiger charge is -2.10. The van der Waals surface area contributed by atoms with Crippen molar-refractivity contribution in [1.82, 2.24) is 15.6 Å². The fourth-order valence-electron chi connectivity index (χ4n) is 2.45. The smallest absolute Gasteiger partial charge is 0.240 e. The Hall–Kier alpha value is -2.33. The monoisotopic (exact) mass is 487 g/mol. The maximum atomic E-state index is 12.1. The molecule has 0 saturated carbocycles. The van der Waals surface area contributed by atoms with Crippen molar-refractivity contribution >= 4 is 45.0 Å². The van der Waals surface area contributed by atoms with Crippen LogP contribution >= 0.6 is 23.2 Å². The van der Waals surface area contributed by atoms with E-state index in [1.807, 2.05) is 6.92 Å². The highest BCUT2D eigenvalue weighted by atomic mass is 35.5. The van der Waals surface area contributed by atoms with Crippen LogP contribution in [0.1, 0.15) is 24.8 Å². The third-order valence-electron chi connectivity index (χ3n) is 4.05. The molecule has 0 aromatic heterocycles. The van der Waals surface area contributed by atoms with E-state index < -0.39 is 15.9 Å². The SMILES string of the molecule is Cc1cc(Cl)ccc1OCCCC(=O)NNC(=O)CCNS(=O)(=O)c1ccc(Cl)cc1. The molecule has 2 rings (SSSR count). The van der Waals surface area contributed by atoms with Gasteiger partial charge in [0, 0.05) is 29.4 Å². The topological polar surface area (TPSA) is 114 Å². The Labute approximate surface area is 191 Å². The Morgan fingerprint density at radius 2 is 1.55 bits per heavy atom. The van der Waals surface area contributed by atoms with Crippen molar-refractivity contribution in [2.45, 2.75) is 31.1 Å². The summed E-state index contributed by atoms with van der Waals surface area (Å²) in [5.41, 5.74) is 5.42. The number of carbonyl (C=O) groups excluding carboxylic acids is 2. The minimum atomic E-state index is -3.74. The lowest BCUT2D eigenvalue weighted by atomic mass is 10.2. The number of ether oxygens (including phenoxy) is 1. The van der Waals surface area contributed by atoms with Gasteiger partial charge in [0.1, 0.15) is 5.75 Å². The minimum absolute atomic E-state index is 0.0432. The molecule has 11 heteroatoms. The van der Waals surface area contributed by atoms with Crippen molar-refractivity contribution in [3.05, 3.63) is 58.1 Å². The Morgan fingerprint density at radius 1 is 0.935 bits per heavy atom. The van der Waals surface area contributed by atoms with Crippen LogP contribution in [0, 0.1) is 6.92 Å². The van der Waals surface area contributed by atoms with Crippen molar-refractivity contribution in [3.8, 4) is 5.75 Å². The van der Waals surface area contributed by atoms with Gasteiger partial charge in [-0.3, -0.25) is 20.4 Å². The predicted octanol–water partition coefficient (Wildman–Crippen LogP) is 2.98. The third kappa shape index (κ3) is 8.74. The molecule has 2 amide bonds. The zero-order valence-corrected chi connectivity index (χ0v) is 19.1. The van der Waals surface area contributed by atoms with Crippen molar-refractivity contribution in [2.75, 3.05) is 13.2 Å². The summed E-state index contributed by atoms with van der Waals surface area (Å²) >= 11 is 11.6. The Morgan fingerprint density at radius 3 is 2.19 bits per heavy atom. The molecule has 0 aliphatic carbocycles. The molecule has 0 fully saturated rings. The van der Waals surface area contributed by atoms with E-state index in [2.05, 4.69) is 15.6 Å². The van der Waals surface area contributed by atoms with Crippen LogP contribution in [0.2, 0.25) is 10.0 Å². The number of sulfonamides is 1. The minimum Gasteiger partial charge on any atom is -0.493 e. The van der Waals surface area contributed by atoms with Gasteiger partial charge < -0.3 is 4.74 Å². The highest BCUT2D eigenvalue weighted by Crippen LogP contribution is 2.21. The van der Waals surface area contributed by atoms with Gasteiger partial charge in [-0.2, -0.15) is 0 Å². The summed E-state index contributed by atoms with van der Waals surface area (Å²) < 4.78 is 32.1. The van der Waals surface area contributed by atoms with E-state index in [4.69, 9.17) is 27.9 Å². The number of halogens is 2. The van der Waals surface area contributed by atoms with Gasteiger partial charge in [0.05, 0.1) is 11.5 Å². The van der Waals surface area contributed by atoms with E-state index in [1.165, 1.54) is 24.3 Å². The first-order valence-corrected chi connectivity index (χ1v) is 11.6. The molecule has 0 unspecified atom stereocenters. The molecule has 0 radical (unpaired) electrons. The molecule has 0 heterocycles. The molecule has 2 aromatic rings. The van der Waals surface area contributed by atoms with Gasteiger partial charge >= 0.3 is 0 Å². The van der Waals surface area contributed by atoms with E-state index in [0.29, 0.717) is 28.8 Å². The molecule has 0 aliphatic heterocycles. The Balaban J connectivity index is 1.61. The number of aryl methyl sites for hydroxylation is 1. The van der Waals surface area contributed by atoms with Gasteiger partial charge in [-0.25, -0.2) is 13.1 Å². The number of amides is 2. The molecule has 0 aliphatic rings. The van der Waals surface area contributed by atoms with E-state index in [-0.39, 0.29) is 30.2 Å². The summed E-state index contributed by atoms with van der Waals surface area (Å²) in [6.07, 6.45) is 0.451. The van der Waals surface area contributed by atoms with E-state index in [0.717, 1.165) is 5.56 Å². The average Bonchev–Trinajstić information content (AvgIpc) is 2.71. The highest BCUT2D eigenvalue weighted by Gasteiger charge is 2.14. The number of benzene rings is 2. The first-order valence-electron chi connectivity index (χ1n) is 9.39. The van der Waals surface area contributed by atoms with E-state index >= 15 is 0 Å². The summed E-state index contributed by atoms with van der Waals surface area (Å²) in [6.45, 7) is 2.08. The van der Waals surface area contributed by atoms with Crippen molar-refractivity contribution in [2.24, 2.45) is 0 Å². The molecule has 31 heavy (non-hydrogen) atoms. The molecule has 0 spiro atoms. The van der Waals surface area contributed by atoms with Gasteiger partial charge in [0.2, 0.25) is 21.8 Å². The fourth-order valence-corrected chi connectivity index (χ4v) is 3.83. The summed E-state index contributed by atoms with van der Waals surface area (Å²) in [5.74, 6) is -0.217. The maximum Gasteiger partial charge on any atom is 0.240 e. The lowest BCUT2D eigenvalue weighted by molar-refractivity contribution is -0.128. The number of hydrogen-bond donors (Lipinski definition) is 3. The summed E-state index contributed by atoms with van der Waals surface area (Å²) in [6, 6.07) is 10.9. The summed E-state index contributed by atoms with van der Waals surface area (Å²) in [5, 5.41) is 1.04. The summed E-state index contributed by atoms with van der Waals surface area (Å²) in [4.78, 5) is 23.6. The molecule has 0 saturated heterocycles. The third-order valence-corrected chi connectivity index (χ3v) is 6.02. The zero-order chi connectivity index (χ0) is 22.9. The second kappa shape index (κ2) is 11.9. The van der Waals surface area contributed by atoms with Crippen LogP contribution in [0.25, 0.3) is 0 Å². The number of hydrazine groups is 1. The van der Waals surface area contributed by atoms with Crippen LogP contribution < -0.4 is 20.3 Å². The van der Waals surface area contributed by atoms with E-state index in [1.54, 1.807) is 18.2 Å². The second-order valence-corrected chi connectivity index (χ2v) is 9.20. The lowest BCUT2D eigenvalue weighted by Crippen LogP contribution is -2.42. The molecule has 0 bridgehead atoms. The molecular weight excluding hydrogens is 465 g/mol. The van der Waals surface area contributed by atoms with E-state index in [9.17, 15) is 18.0 Å². The van der Waals surface area contributed by atoms with Crippen molar-refractivity contribution < 1.29 is 22.7 Å². The van der Waals surface area contributed by atoms with Crippen LogP contribution in [0.15, 0.2) is 47.4 Å². The normalized spacial score (nSPS) is 11.1. The van der Waals surface area contributed by atoms with Gasteiger partial charge in [0.15, 0.2) is 0 Å². The second-order valence-electron chi connectivity index (χ2n) is 6.56. The Bertz CT molecular complexity index is 1010. The molecule has 8 nitrogen and oxygen atoms in total. The zero-order valence-electron chi connectivity index (χ0n) is 16.8. The molecule has 3 N–H and O–H groups in total. The first kappa shape index (κ1) is 24.9. The van der Waals surface area contributed by atoms with Crippen LogP contribution in [0.3, 0.4) is 0 Å². The quantitative estimate of drug-likeness (QED) is 0.352. The van der Waals surface area contributed by atoms with Crippen LogP contribution in [-0.2, 0) is 19.6 Å². The van der Waals surface area contributed by atoms with Crippen LogP contribution in [-0.4, -0.2) is 33.4 Å². The first-order chi connectivity index (χ1) is 14.7. The van der Waals surface area contributed by atoms with Crippen LogP contribution in [0.4, 0.5) is 0 Å². The predicted molar refractivity (Wildman–Crippen MR) is 118 cm³/mol. The maximum absolute atomic E-state index is 12.1. The van der Waals surface area contributed by atoms with Crippen molar-refractivity contribution in [3.63, 3.8) is 0 Å².